The van der Waals surface area contributed by atoms with Crippen LogP contribution in [0.2, 0.25) is 0 Å². The molecule has 1 unspecified atom stereocenters. The summed E-state index contributed by atoms with van der Waals surface area (Å²) in [4.78, 5) is 26.4. The summed E-state index contributed by atoms with van der Waals surface area (Å²) in [6.07, 6.45) is 2.90. The molecule has 6 nitrogen and oxygen atoms in total. The molecule has 2 amide bonds. The van der Waals surface area contributed by atoms with Crippen molar-refractivity contribution in [2.45, 2.75) is 37.8 Å². The van der Waals surface area contributed by atoms with Gasteiger partial charge in [-0.15, -0.1) is 0 Å². The number of amides is 2. The molecule has 2 heterocycles. The molecule has 1 aromatic rings. The van der Waals surface area contributed by atoms with Crippen LogP contribution in [0.4, 0.5) is 0 Å². The van der Waals surface area contributed by atoms with E-state index in [-0.39, 0.29) is 24.0 Å². The maximum Gasteiger partial charge on any atom is 0.253 e. The summed E-state index contributed by atoms with van der Waals surface area (Å²) in [5.41, 5.74) is 1.02. The van der Waals surface area contributed by atoms with Crippen LogP contribution in [0.5, 0.6) is 0 Å². The molecule has 2 aliphatic rings. The molecule has 1 aromatic carbocycles. The number of carbonyl (C=O) groups is 2. The predicted octanol–water partition coefficient (Wildman–Crippen LogP) is 1.46. The Kier molecular flexibility index (Phi) is 5.11. The molecule has 2 aliphatic heterocycles. The molecule has 0 bridgehead atoms. The molecule has 6 heteroatoms. The minimum Gasteiger partial charge on any atom is -0.368 e. The minimum absolute atomic E-state index is 0.0287. The molecule has 1 N–H and O–H groups in total. The Morgan fingerprint density at radius 2 is 2.04 bits per heavy atom. The first-order valence-corrected chi connectivity index (χ1v) is 8.39. The van der Waals surface area contributed by atoms with Crippen LogP contribution in [0.15, 0.2) is 24.3 Å². The Hall–Kier alpha value is -2.39. The number of hydrogen-bond donors (Lipinski definition) is 1. The van der Waals surface area contributed by atoms with Crippen LogP contribution in [0.25, 0.3) is 0 Å². The van der Waals surface area contributed by atoms with Crippen molar-refractivity contribution in [1.82, 2.24) is 10.2 Å². The molecule has 0 radical (unpaired) electrons. The van der Waals surface area contributed by atoms with Crippen molar-refractivity contribution < 1.29 is 14.3 Å². The van der Waals surface area contributed by atoms with Crippen molar-refractivity contribution in [3.05, 3.63) is 35.4 Å². The SMILES string of the molecule is N#Cc1cccc(C(=O)N2CCC(NC(=O)C3CCCO3)CC2)c1. The van der Waals surface area contributed by atoms with Gasteiger partial charge in [0.1, 0.15) is 6.10 Å². The lowest BCUT2D eigenvalue weighted by atomic mass is 10.0. The summed E-state index contributed by atoms with van der Waals surface area (Å²) in [6.45, 7) is 1.87. The van der Waals surface area contributed by atoms with Crippen LogP contribution in [0.1, 0.15) is 41.6 Å². The van der Waals surface area contributed by atoms with E-state index in [2.05, 4.69) is 11.4 Å². The molecule has 2 saturated heterocycles. The molecule has 0 aromatic heterocycles. The molecule has 24 heavy (non-hydrogen) atoms. The number of nitrogens with one attached hydrogen (secondary N) is 1. The summed E-state index contributed by atoms with van der Waals surface area (Å²) in [7, 11) is 0. The average Bonchev–Trinajstić information content (AvgIpc) is 3.16. The third kappa shape index (κ3) is 3.74. The standard InChI is InChI=1S/C18H21N3O3/c19-12-13-3-1-4-14(11-13)18(23)21-8-6-15(7-9-21)20-17(22)16-5-2-10-24-16/h1,3-4,11,15-16H,2,5-10H2,(H,20,22). The zero-order valence-corrected chi connectivity index (χ0v) is 13.5. The number of piperidine rings is 1. The topological polar surface area (TPSA) is 82.4 Å². The molecule has 126 valence electrons. The number of ether oxygens (including phenoxy) is 1. The van der Waals surface area contributed by atoms with E-state index in [1.807, 2.05) is 0 Å². The van der Waals surface area contributed by atoms with Gasteiger partial charge in [0.2, 0.25) is 5.91 Å². The number of carbonyl (C=O) groups excluding carboxylic acids is 2. The fraction of sp³-hybridized carbons (Fsp3) is 0.500. The van der Waals surface area contributed by atoms with Crippen molar-refractivity contribution in [2.24, 2.45) is 0 Å². The first-order chi connectivity index (χ1) is 11.7. The molecule has 2 fully saturated rings. The second kappa shape index (κ2) is 7.45. The summed E-state index contributed by atoms with van der Waals surface area (Å²) in [5.74, 6) is -0.0880. The van der Waals surface area contributed by atoms with E-state index in [9.17, 15) is 9.59 Å². The first-order valence-electron chi connectivity index (χ1n) is 8.39. The lowest BCUT2D eigenvalue weighted by molar-refractivity contribution is -0.131. The van der Waals surface area contributed by atoms with E-state index in [0.717, 1.165) is 25.7 Å². The lowest BCUT2D eigenvalue weighted by Crippen LogP contribution is -2.48. The molecular weight excluding hydrogens is 306 g/mol. The first kappa shape index (κ1) is 16.5. The Bertz CT molecular complexity index is 654. The lowest BCUT2D eigenvalue weighted by Gasteiger charge is -2.33. The van der Waals surface area contributed by atoms with E-state index < -0.39 is 0 Å². The second-order valence-corrected chi connectivity index (χ2v) is 6.27. The summed E-state index contributed by atoms with van der Waals surface area (Å²) in [5, 5.41) is 12.0. The van der Waals surface area contributed by atoms with E-state index in [0.29, 0.717) is 30.8 Å². The van der Waals surface area contributed by atoms with Gasteiger partial charge in [-0.3, -0.25) is 9.59 Å². The fourth-order valence-electron chi connectivity index (χ4n) is 3.21. The van der Waals surface area contributed by atoms with E-state index in [1.165, 1.54) is 0 Å². The summed E-state index contributed by atoms with van der Waals surface area (Å²) in [6, 6.07) is 8.90. The summed E-state index contributed by atoms with van der Waals surface area (Å²) >= 11 is 0. The van der Waals surface area contributed by atoms with Crippen LogP contribution in [0, 0.1) is 11.3 Å². The van der Waals surface area contributed by atoms with Gasteiger partial charge >= 0.3 is 0 Å². The van der Waals surface area contributed by atoms with Gasteiger partial charge in [-0.1, -0.05) is 6.07 Å². The molecule has 0 aliphatic carbocycles. The van der Waals surface area contributed by atoms with Gasteiger partial charge in [-0.05, 0) is 43.9 Å². The Balaban J connectivity index is 1.52. The van der Waals surface area contributed by atoms with Gasteiger partial charge in [0.05, 0.1) is 11.6 Å². The Morgan fingerprint density at radius 3 is 2.71 bits per heavy atom. The fourth-order valence-corrected chi connectivity index (χ4v) is 3.21. The highest BCUT2D eigenvalue weighted by Crippen LogP contribution is 2.17. The van der Waals surface area contributed by atoms with Crippen LogP contribution in [0.3, 0.4) is 0 Å². The van der Waals surface area contributed by atoms with Crippen LogP contribution >= 0.6 is 0 Å². The van der Waals surface area contributed by atoms with Crippen molar-refractivity contribution in [3.8, 4) is 6.07 Å². The highest BCUT2D eigenvalue weighted by Gasteiger charge is 2.28. The Morgan fingerprint density at radius 1 is 1.25 bits per heavy atom. The molecule has 0 saturated carbocycles. The smallest absolute Gasteiger partial charge is 0.253 e. The van der Waals surface area contributed by atoms with Crippen LogP contribution in [-0.2, 0) is 9.53 Å². The number of benzene rings is 1. The largest absolute Gasteiger partial charge is 0.368 e. The molecular formula is C18H21N3O3. The van der Waals surface area contributed by atoms with Gasteiger partial charge in [-0.2, -0.15) is 5.26 Å². The molecule has 3 rings (SSSR count). The zero-order chi connectivity index (χ0) is 16.9. The minimum atomic E-state index is -0.307. The highest BCUT2D eigenvalue weighted by atomic mass is 16.5. The number of likely N-dealkylation sites (tertiary alicyclic amines) is 1. The van der Waals surface area contributed by atoms with Gasteiger partial charge < -0.3 is 15.0 Å². The van der Waals surface area contributed by atoms with Crippen LogP contribution in [-0.4, -0.2) is 48.6 Å². The van der Waals surface area contributed by atoms with Crippen molar-refractivity contribution in [2.75, 3.05) is 19.7 Å². The van der Waals surface area contributed by atoms with Gasteiger partial charge in [0.15, 0.2) is 0 Å². The number of nitriles is 1. The third-order valence-electron chi connectivity index (χ3n) is 4.59. The third-order valence-corrected chi connectivity index (χ3v) is 4.59. The van der Waals surface area contributed by atoms with Crippen molar-refractivity contribution >= 4 is 11.8 Å². The van der Waals surface area contributed by atoms with Gasteiger partial charge in [0, 0.05) is 31.3 Å². The van der Waals surface area contributed by atoms with Crippen LogP contribution < -0.4 is 5.32 Å². The quantitative estimate of drug-likeness (QED) is 0.911. The number of hydrogen-bond acceptors (Lipinski definition) is 4. The monoisotopic (exact) mass is 327 g/mol. The number of nitrogens with zero attached hydrogens (tertiary/aromatic N) is 2. The predicted molar refractivity (Wildman–Crippen MR) is 87.2 cm³/mol. The second-order valence-electron chi connectivity index (χ2n) is 6.27. The molecule has 0 spiro atoms. The summed E-state index contributed by atoms with van der Waals surface area (Å²) < 4.78 is 5.39. The maximum atomic E-state index is 12.5. The van der Waals surface area contributed by atoms with Gasteiger partial charge in [0.25, 0.3) is 5.91 Å². The van der Waals surface area contributed by atoms with Crippen molar-refractivity contribution in [3.63, 3.8) is 0 Å². The Labute approximate surface area is 141 Å². The van der Waals surface area contributed by atoms with E-state index in [1.54, 1.807) is 29.2 Å². The van der Waals surface area contributed by atoms with E-state index in [4.69, 9.17) is 10.00 Å². The van der Waals surface area contributed by atoms with Crippen molar-refractivity contribution in [1.29, 1.82) is 5.26 Å². The van der Waals surface area contributed by atoms with E-state index >= 15 is 0 Å². The maximum absolute atomic E-state index is 12.5. The normalized spacial score (nSPS) is 21.3. The highest BCUT2D eigenvalue weighted by molar-refractivity contribution is 5.94. The number of rotatable bonds is 3. The zero-order valence-electron chi connectivity index (χ0n) is 13.5. The average molecular weight is 327 g/mol. The molecule has 1 atom stereocenters. The van der Waals surface area contributed by atoms with Gasteiger partial charge in [-0.25, -0.2) is 0 Å².